The summed E-state index contributed by atoms with van der Waals surface area (Å²) in [6.45, 7) is 1.60. The van der Waals surface area contributed by atoms with E-state index in [2.05, 4.69) is 16.6 Å². The van der Waals surface area contributed by atoms with Gasteiger partial charge in [-0.1, -0.05) is 42.0 Å². The van der Waals surface area contributed by atoms with Gasteiger partial charge in [0, 0.05) is 22.3 Å². The van der Waals surface area contributed by atoms with Crippen molar-refractivity contribution < 1.29 is 13.9 Å². The first-order valence-electron chi connectivity index (χ1n) is 8.41. The number of rotatable bonds is 6. The van der Waals surface area contributed by atoms with E-state index in [1.54, 1.807) is 12.1 Å². The Hall–Kier alpha value is -2.24. The molecule has 0 spiro atoms. The van der Waals surface area contributed by atoms with Crippen LogP contribution in [-0.2, 0) is 6.61 Å². The van der Waals surface area contributed by atoms with Crippen LogP contribution in [0, 0.1) is 28.9 Å². The van der Waals surface area contributed by atoms with E-state index >= 15 is 0 Å². The van der Waals surface area contributed by atoms with Crippen LogP contribution in [0.1, 0.15) is 18.1 Å². The summed E-state index contributed by atoms with van der Waals surface area (Å²) in [6.07, 6.45) is 1.97. The standard InChI is InChI=1S/C20H19Cl2F2N3OS/c1-2-29(18-8-14(21)7-13(11-28)19(18)22)27-17-6-5-16(23)15(20(17)24)4-3-12(9-25)10-26/h5-10,25,27-29H,2,11,26H2,1H3/b12-10-,25-9?. The minimum Gasteiger partial charge on any atom is -0.404 e. The van der Waals surface area contributed by atoms with Crippen molar-refractivity contribution in [3.05, 3.63) is 68.8 Å². The fourth-order valence-corrected chi connectivity index (χ4v) is 4.96. The fraction of sp³-hybridized carbons (Fsp3) is 0.150. The molecule has 0 aliphatic carbocycles. The average molecular weight is 458 g/mol. The van der Waals surface area contributed by atoms with Crippen LogP contribution in [0.5, 0.6) is 0 Å². The maximum absolute atomic E-state index is 14.9. The molecule has 29 heavy (non-hydrogen) atoms. The van der Waals surface area contributed by atoms with Crippen molar-refractivity contribution in [1.29, 1.82) is 5.41 Å². The zero-order chi connectivity index (χ0) is 21.6. The zero-order valence-electron chi connectivity index (χ0n) is 15.4. The van der Waals surface area contributed by atoms with Gasteiger partial charge in [-0.15, -0.1) is 0 Å². The van der Waals surface area contributed by atoms with Crippen LogP contribution in [0.3, 0.4) is 0 Å². The number of nitrogens with one attached hydrogen (secondary N) is 2. The zero-order valence-corrected chi connectivity index (χ0v) is 17.8. The maximum Gasteiger partial charge on any atom is 0.165 e. The molecule has 2 aromatic rings. The molecule has 0 heterocycles. The molecular weight excluding hydrogens is 439 g/mol. The molecule has 5 N–H and O–H groups in total. The van der Waals surface area contributed by atoms with E-state index in [9.17, 15) is 13.9 Å². The number of nitrogens with two attached hydrogens (primary N) is 1. The van der Waals surface area contributed by atoms with Crippen LogP contribution in [0.25, 0.3) is 0 Å². The van der Waals surface area contributed by atoms with Crippen molar-refractivity contribution in [2.75, 3.05) is 10.5 Å². The van der Waals surface area contributed by atoms with Gasteiger partial charge in [0.1, 0.15) is 5.82 Å². The van der Waals surface area contributed by atoms with Gasteiger partial charge < -0.3 is 21.0 Å². The molecule has 0 bridgehead atoms. The second-order valence-electron chi connectivity index (χ2n) is 5.71. The van der Waals surface area contributed by atoms with Crippen molar-refractivity contribution in [2.45, 2.75) is 18.4 Å². The van der Waals surface area contributed by atoms with E-state index in [-0.39, 0.29) is 17.9 Å². The Morgan fingerprint density at radius 3 is 2.66 bits per heavy atom. The smallest absolute Gasteiger partial charge is 0.165 e. The molecule has 1 unspecified atom stereocenters. The van der Waals surface area contributed by atoms with Crippen molar-refractivity contribution in [3.63, 3.8) is 0 Å². The second-order valence-corrected chi connectivity index (χ2v) is 8.72. The van der Waals surface area contributed by atoms with Gasteiger partial charge in [0.05, 0.1) is 28.5 Å². The number of aliphatic hydroxyl groups excluding tert-OH is 1. The molecular formula is C20H19Cl2F2N3OS. The SMILES string of the molecule is CC[SH](Nc1ccc(F)c(C#C/C(C=N)=C/N)c1F)c1cc(Cl)cc(CO)c1Cl. The van der Waals surface area contributed by atoms with E-state index < -0.39 is 28.3 Å². The highest BCUT2D eigenvalue weighted by atomic mass is 35.5. The van der Waals surface area contributed by atoms with Crippen molar-refractivity contribution in [2.24, 2.45) is 5.73 Å². The first-order valence-corrected chi connectivity index (χ1v) is 10.7. The summed E-state index contributed by atoms with van der Waals surface area (Å²) in [5, 5.41) is 17.4. The molecule has 0 saturated heterocycles. The summed E-state index contributed by atoms with van der Waals surface area (Å²) in [5.74, 6) is 3.72. The van der Waals surface area contributed by atoms with E-state index in [1.807, 2.05) is 6.92 Å². The van der Waals surface area contributed by atoms with Gasteiger partial charge in [-0.2, -0.15) is 11.1 Å². The Kier molecular flexibility index (Phi) is 8.35. The monoisotopic (exact) mass is 457 g/mol. The molecule has 0 fully saturated rings. The maximum atomic E-state index is 14.9. The molecule has 0 aliphatic rings. The Morgan fingerprint density at radius 2 is 2.07 bits per heavy atom. The van der Waals surface area contributed by atoms with Gasteiger partial charge in [-0.3, -0.25) is 0 Å². The van der Waals surface area contributed by atoms with E-state index in [4.69, 9.17) is 34.3 Å². The average Bonchev–Trinajstić information content (AvgIpc) is 2.72. The number of aliphatic hydroxyl groups is 1. The Morgan fingerprint density at radius 1 is 1.34 bits per heavy atom. The highest BCUT2D eigenvalue weighted by molar-refractivity contribution is 8.18. The highest BCUT2D eigenvalue weighted by Gasteiger charge is 2.18. The predicted molar refractivity (Wildman–Crippen MR) is 118 cm³/mol. The lowest BCUT2D eigenvalue weighted by Gasteiger charge is -2.25. The van der Waals surface area contributed by atoms with Gasteiger partial charge in [-0.25, -0.2) is 8.78 Å². The summed E-state index contributed by atoms with van der Waals surface area (Å²) in [6, 6.07) is 5.61. The quantitative estimate of drug-likeness (QED) is 0.240. The number of anilines is 1. The number of allylic oxidation sites excluding steroid dienone is 1. The van der Waals surface area contributed by atoms with E-state index in [0.29, 0.717) is 26.3 Å². The molecule has 4 nitrogen and oxygen atoms in total. The van der Waals surface area contributed by atoms with Crippen LogP contribution in [0.2, 0.25) is 10.0 Å². The number of benzene rings is 2. The minimum absolute atomic E-state index is 0.0541. The predicted octanol–water partition coefficient (Wildman–Crippen LogP) is 5.01. The molecule has 0 amide bonds. The van der Waals surface area contributed by atoms with E-state index in [1.165, 1.54) is 6.07 Å². The summed E-state index contributed by atoms with van der Waals surface area (Å²) < 4.78 is 32.1. The second kappa shape index (κ2) is 10.5. The third kappa shape index (κ3) is 5.43. The first kappa shape index (κ1) is 23.0. The van der Waals surface area contributed by atoms with Crippen molar-refractivity contribution in [1.82, 2.24) is 0 Å². The Bertz CT molecular complexity index is 1020. The van der Waals surface area contributed by atoms with Crippen LogP contribution in [-0.4, -0.2) is 17.1 Å². The molecule has 9 heteroatoms. The molecule has 2 rings (SSSR count). The van der Waals surface area contributed by atoms with Crippen LogP contribution in [0.15, 0.2) is 40.9 Å². The third-order valence-corrected chi connectivity index (χ3v) is 6.76. The molecule has 154 valence electrons. The number of halogens is 4. The summed E-state index contributed by atoms with van der Waals surface area (Å²) in [7, 11) is 0. The largest absolute Gasteiger partial charge is 0.404 e. The van der Waals surface area contributed by atoms with E-state index in [0.717, 1.165) is 18.5 Å². The lowest BCUT2D eigenvalue weighted by molar-refractivity contribution is 0.281. The lowest BCUT2D eigenvalue weighted by Crippen LogP contribution is -2.05. The molecule has 2 aromatic carbocycles. The molecule has 1 atom stereocenters. The summed E-state index contributed by atoms with van der Waals surface area (Å²) >= 11 is 11.3. The molecule has 0 saturated carbocycles. The minimum atomic E-state index is -1.21. The topological polar surface area (TPSA) is 82.1 Å². The molecule has 0 radical (unpaired) electrons. The first-order chi connectivity index (χ1) is 13.9. The number of hydrogen-bond donors (Lipinski definition) is 5. The summed E-state index contributed by atoms with van der Waals surface area (Å²) in [5.41, 5.74) is 5.51. The highest BCUT2D eigenvalue weighted by Crippen LogP contribution is 2.44. The summed E-state index contributed by atoms with van der Waals surface area (Å²) in [4.78, 5) is 0.647. The van der Waals surface area contributed by atoms with Crippen molar-refractivity contribution >= 4 is 46.2 Å². The van der Waals surface area contributed by atoms with Gasteiger partial charge in [0.2, 0.25) is 0 Å². The molecule has 0 aliphatic heterocycles. The van der Waals surface area contributed by atoms with Gasteiger partial charge >= 0.3 is 0 Å². The lowest BCUT2D eigenvalue weighted by atomic mass is 10.1. The number of hydrogen-bond acceptors (Lipinski definition) is 4. The van der Waals surface area contributed by atoms with Gasteiger partial charge in [-0.05, 0) is 35.6 Å². The van der Waals surface area contributed by atoms with Crippen LogP contribution >= 0.6 is 34.3 Å². The van der Waals surface area contributed by atoms with Gasteiger partial charge in [0.25, 0.3) is 0 Å². The Labute approximate surface area is 180 Å². The Balaban J connectivity index is 2.47. The fourth-order valence-electron chi connectivity index (χ4n) is 2.41. The number of thiol groups is 1. The van der Waals surface area contributed by atoms with Gasteiger partial charge in [0.15, 0.2) is 5.82 Å². The van der Waals surface area contributed by atoms with Crippen molar-refractivity contribution in [3.8, 4) is 11.8 Å². The third-order valence-electron chi connectivity index (χ3n) is 3.88. The molecule has 0 aromatic heterocycles. The van der Waals surface area contributed by atoms with Crippen LogP contribution < -0.4 is 10.5 Å². The normalized spacial score (nSPS) is 12.8. The van der Waals surface area contributed by atoms with Crippen LogP contribution in [0.4, 0.5) is 14.5 Å².